The van der Waals surface area contributed by atoms with Crippen molar-refractivity contribution in [1.29, 1.82) is 0 Å². The van der Waals surface area contributed by atoms with Crippen molar-refractivity contribution >= 4 is 6.72 Å². The summed E-state index contributed by atoms with van der Waals surface area (Å²) in [6, 6.07) is 0. The average molecular weight is 102 g/mol. The fourth-order valence-electron chi connectivity index (χ4n) is 0.212. The van der Waals surface area contributed by atoms with E-state index in [2.05, 4.69) is 16.7 Å². The Labute approximate surface area is 43.1 Å². The third-order valence-corrected chi connectivity index (χ3v) is 0.531. The van der Waals surface area contributed by atoms with Crippen LogP contribution in [0, 0.1) is 0 Å². The molecule has 0 bridgehead atoms. The summed E-state index contributed by atoms with van der Waals surface area (Å²) >= 11 is 0. The van der Waals surface area contributed by atoms with Crippen LogP contribution in [0.2, 0.25) is 0 Å². The standard InChI is InChI=1S/C4H10N2O/c1-6-7-4-2-3-5/h1-5H2. The second-order valence-corrected chi connectivity index (χ2v) is 1.10. The van der Waals surface area contributed by atoms with Crippen LogP contribution < -0.4 is 5.73 Å². The zero-order valence-corrected chi connectivity index (χ0v) is 4.26. The van der Waals surface area contributed by atoms with Crippen LogP contribution in [0.1, 0.15) is 6.42 Å². The molecule has 0 saturated carbocycles. The molecular weight excluding hydrogens is 92.1 g/mol. The van der Waals surface area contributed by atoms with E-state index in [-0.39, 0.29) is 0 Å². The van der Waals surface area contributed by atoms with Gasteiger partial charge in [0, 0.05) is 6.72 Å². The summed E-state index contributed by atoms with van der Waals surface area (Å²) in [5, 5.41) is 3.17. The topological polar surface area (TPSA) is 47.6 Å². The maximum absolute atomic E-state index is 5.13. The normalized spacial score (nSPS) is 8.14. The van der Waals surface area contributed by atoms with Crippen molar-refractivity contribution in [2.75, 3.05) is 13.2 Å². The fourth-order valence-corrected chi connectivity index (χ4v) is 0.212. The Morgan fingerprint density at radius 2 is 2.43 bits per heavy atom. The quantitative estimate of drug-likeness (QED) is 0.308. The van der Waals surface area contributed by atoms with Crippen molar-refractivity contribution in [3.63, 3.8) is 0 Å². The molecule has 3 nitrogen and oxygen atoms in total. The molecule has 0 unspecified atom stereocenters. The molecule has 0 heterocycles. The molecule has 0 aliphatic carbocycles. The van der Waals surface area contributed by atoms with Crippen LogP contribution in [0.25, 0.3) is 0 Å². The van der Waals surface area contributed by atoms with Gasteiger partial charge in [0.05, 0.1) is 0 Å². The molecule has 0 fully saturated rings. The molecule has 0 saturated heterocycles. The average Bonchev–Trinajstić information content (AvgIpc) is 1.69. The van der Waals surface area contributed by atoms with Gasteiger partial charge >= 0.3 is 0 Å². The van der Waals surface area contributed by atoms with E-state index in [1.165, 1.54) is 0 Å². The first-order valence-electron chi connectivity index (χ1n) is 2.20. The van der Waals surface area contributed by atoms with Crippen LogP contribution in [0.3, 0.4) is 0 Å². The maximum atomic E-state index is 5.13. The molecule has 0 aromatic rings. The number of rotatable bonds is 4. The molecule has 0 amide bonds. The van der Waals surface area contributed by atoms with Gasteiger partial charge in [0.15, 0.2) is 0 Å². The summed E-state index contributed by atoms with van der Waals surface area (Å²) in [5.74, 6) is 0. The van der Waals surface area contributed by atoms with Gasteiger partial charge < -0.3 is 10.6 Å². The van der Waals surface area contributed by atoms with E-state index in [0.717, 1.165) is 6.42 Å². The lowest BCUT2D eigenvalue weighted by molar-refractivity contribution is 0.146. The molecule has 0 aromatic heterocycles. The monoisotopic (exact) mass is 102 g/mol. The van der Waals surface area contributed by atoms with E-state index in [0.29, 0.717) is 13.2 Å². The maximum Gasteiger partial charge on any atom is 0.118 e. The van der Waals surface area contributed by atoms with Crippen molar-refractivity contribution < 1.29 is 4.84 Å². The zero-order chi connectivity index (χ0) is 5.54. The van der Waals surface area contributed by atoms with Crippen LogP contribution in [0.5, 0.6) is 0 Å². The lowest BCUT2D eigenvalue weighted by Crippen LogP contribution is -2.01. The number of oxime groups is 1. The lowest BCUT2D eigenvalue weighted by atomic mass is 10.5. The van der Waals surface area contributed by atoms with Gasteiger partial charge in [-0.15, -0.1) is 5.16 Å². The Hall–Kier alpha value is -0.570. The number of nitrogens with zero attached hydrogens (tertiary/aromatic N) is 1. The summed E-state index contributed by atoms with van der Waals surface area (Å²) in [4.78, 5) is 4.51. The van der Waals surface area contributed by atoms with E-state index < -0.39 is 0 Å². The van der Waals surface area contributed by atoms with Crippen LogP contribution in [0.4, 0.5) is 0 Å². The van der Waals surface area contributed by atoms with Gasteiger partial charge in [0.1, 0.15) is 6.61 Å². The summed E-state index contributed by atoms with van der Waals surface area (Å²) in [6.07, 6.45) is 0.846. The van der Waals surface area contributed by atoms with Crippen molar-refractivity contribution in [3.8, 4) is 0 Å². The predicted octanol–water partition coefficient (Wildman–Crippen LogP) is -0.0326. The minimum absolute atomic E-state index is 0.583. The van der Waals surface area contributed by atoms with Gasteiger partial charge in [-0.25, -0.2) is 0 Å². The van der Waals surface area contributed by atoms with E-state index in [9.17, 15) is 0 Å². The van der Waals surface area contributed by atoms with E-state index in [1.807, 2.05) is 0 Å². The van der Waals surface area contributed by atoms with Crippen LogP contribution in [-0.2, 0) is 4.84 Å². The number of hydrogen-bond acceptors (Lipinski definition) is 3. The minimum atomic E-state index is 0.583. The fraction of sp³-hybridized carbons (Fsp3) is 0.750. The Bertz CT molecular complexity index is 47.0. The molecule has 0 spiro atoms. The summed E-state index contributed by atoms with van der Waals surface area (Å²) in [6.45, 7) is 4.35. The van der Waals surface area contributed by atoms with E-state index in [4.69, 9.17) is 5.73 Å². The molecule has 7 heavy (non-hydrogen) atoms. The smallest absolute Gasteiger partial charge is 0.118 e. The molecule has 2 N–H and O–H groups in total. The zero-order valence-electron chi connectivity index (χ0n) is 4.26. The third kappa shape index (κ3) is 5.43. The Morgan fingerprint density at radius 3 is 2.86 bits per heavy atom. The Balaban J connectivity index is 2.56. The minimum Gasteiger partial charge on any atom is -0.396 e. The van der Waals surface area contributed by atoms with Gasteiger partial charge in [0.25, 0.3) is 0 Å². The molecule has 0 atom stereocenters. The van der Waals surface area contributed by atoms with Gasteiger partial charge in [0.2, 0.25) is 0 Å². The van der Waals surface area contributed by atoms with Crippen LogP contribution in [-0.4, -0.2) is 19.9 Å². The molecule has 0 rings (SSSR count). The molecule has 42 valence electrons. The summed E-state index contributed by atoms with van der Waals surface area (Å²) in [7, 11) is 0. The first-order valence-corrected chi connectivity index (χ1v) is 2.20. The van der Waals surface area contributed by atoms with Gasteiger partial charge in [-0.1, -0.05) is 0 Å². The van der Waals surface area contributed by atoms with Crippen LogP contribution >= 0.6 is 0 Å². The van der Waals surface area contributed by atoms with Crippen molar-refractivity contribution in [3.05, 3.63) is 0 Å². The highest BCUT2D eigenvalue weighted by molar-refractivity contribution is 5.21. The highest BCUT2D eigenvalue weighted by Gasteiger charge is 1.77. The first kappa shape index (κ1) is 6.43. The summed E-state index contributed by atoms with van der Waals surface area (Å²) < 4.78 is 0. The molecule has 0 radical (unpaired) electrons. The lowest BCUT2D eigenvalue weighted by Gasteiger charge is -1.91. The highest BCUT2D eigenvalue weighted by Crippen LogP contribution is 1.76. The third-order valence-electron chi connectivity index (χ3n) is 0.531. The second-order valence-electron chi connectivity index (χ2n) is 1.10. The molecular formula is C4H10N2O. The largest absolute Gasteiger partial charge is 0.396 e. The summed E-state index contributed by atoms with van der Waals surface area (Å²) in [5.41, 5.74) is 5.13. The SMILES string of the molecule is C=NOCCCN. The van der Waals surface area contributed by atoms with Gasteiger partial charge in [-0.2, -0.15) is 0 Å². The van der Waals surface area contributed by atoms with Crippen molar-refractivity contribution in [2.45, 2.75) is 6.42 Å². The predicted molar refractivity (Wildman–Crippen MR) is 29.2 cm³/mol. The van der Waals surface area contributed by atoms with E-state index in [1.54, 1.807) is 0 Å². The second kappa shape index (κ2) is 5.43. The van der Waals surface area contributed by atoms with E-state index >= 15 is 0 Å². The van der Waals surface area contributed by atoms with Gasteiger partial charge in [-0.3, -0.25) is 0 Å². The Kier molecular flexibility index (Phi) is 4.99. The first-order chi connectivity index (χ1) is 3.41. The highest BCUT2D eigenvalue weighted by atomic mass is 16.6. The molecule has 3 heteroatoms. The van der Waals surface area contributed by atoms with Gasteiger partial charge in [-0.05, 0) is 13.0 Å². The van der Waals surface area contributed by atoms with Crippen molar-refractivity contribution in [2.24, 2.45) is 10.9 Å². The molecule has 0 aliphatic rings. The molecule has 0 aliphatic heterocycles. The molecule has 0 aromatic carbocycles. The number of hydrogen-bond donors (Lipinski definition) is 1. The van der Waals surface area contributed by atoms with Crippen molar-refractivity contribution in [1.82, 2.24) is 0 Å². The van der Waals surface area contributed by atoms with Crippen LogP contribution in [0.15, 0.2) is 5.16 Å². The number of nitrogens with two attached hydrogens (primary N) is 1. The Morgan fingerprint density at radius 1 is 1.71 bits per heavy atom.